The number of amides is 1. The highest BCUT2D eigenvalue weighted by Gasteiger charge is 2.46. The van der Waals surface area contributed by atoms with E-state index >= 15 is 0 Å². The van der Waals surface area contributed by atoms with E-state index in [2.05, 4.69) is 0 Å². The van der Waals surface area contributed by atoms with E-state index in [9.17, 15) is 14.7 Å². The van der Waals surface area contributed by atoms with Gasteiger partial charge in [0.1, 0.15) is 17.3 Å². The Labute approximate surface area is 180 Å². The fourth-order valence-electron chi connectivity index (χ4n) is 3.69. The van der Waals surface area contributed by atoms with Crippen molar-refractivity contribution in [1.29, 1.82) is 0 Å². The Bertz CT molecular complexity index is 1130. The Hall–Kier alpha value is -4.06. The summed E-state index contributed by atoms with van der Waals surface area (Å²) in [6, 6.07) is 21.9. The minimum atomic E-state index is -0.792. The smallest absolute Gasteiger partial charge is 0.300 e. The van der Waals surface area contributed by atoms with E-state index in [1.54, 1.807) is 87.0 Å². The fourth-order valence-corrected chi connectivity index (χ4v) is 3.69. The maximum absolute atomic E-state index is 13.1. The van der Waals surface area contributed by atoms with Crippen molar-refractivity contribution >= 4 is 23.1 Å². The average Bonchev–Trinajstić information content (AvgIpc) is 3.09. The zero-order chi connectivity index (χ0) is 22.0. The summed E-state index contributed by atoms with van der Waals surface area (Å²) in [5.74, 6) is -0.379. The van der Waals surface area contributed by atoms with Crippen molar-refractivity contribution in [3.05, 3.63) is 95.6 Å². The van der Waals surface area contributed by atoms with Crippen LogP contribution in [0.15, 0.2) is 84.4 Å². The summed E-state index contributed by atoms with van der Waals surface area (Å²) in [6.07, 6.45) is 0. The summed E-state index contributed by atoms with van der Waals surface area (Å²) in [5, 5.41) is 11.0. The minimum Gasteiger partial charge on any atom is -0.507 e. The molecule has 156 valence electrons. The number of Topliss-reactive ketones (excluding diaryl/α,β-unsaturated/α-hetero) is 1. The van der Waals surface area contributed by atoms with Crippen molar-refractivity contribution in [2.45, 2.75) is 6.04 Å². The van der Waals surface area contributed by atoms with Crippen LogP contribution in [0.25, 0.3) is 5.76 Å². The number of carbonyl (C=O) groups excluding carboxylic acids is 2. The van der Waals surface area contributed by atoms with Gasteiger partial charge in [-0.15, -0.1) is 0 Å². The highest BCUT2D eigenvalue weighted by molar-refractivity contribution is 6.51. The normalized spacial score (nSPS) is 17.6. The monoisotopic (exact) mass is 415 g/mol. The van der Waals surface area contributed by atoms with Crippen LogP contribution in [0.5, 0.6) is 11.5 Å². The molecule has 3 aromatic rings. The molecule has 0 saturated carbocycles. The zero-order valence-corrected chi connectivity index (χ0v) is 17.1. The lowest BCUT2D eigenvalue weighted by Crippen LogP contribution is -2.29. The topological polar surface area (TPSA) is 76.1 Å². The van der Waals surface area contributed by atoms with Crippen molar-refractivity contribution in [3.63, 3.8) is 0 Å². The molecule has 0 aromatic heterocycles. The molecule has 0 bridgehead atoms. The Morgan fingerprint density at radius 3 is 1.90 bits per heavy atom. The molecule has 0 unspecified atom stereocenters. The van der Waals surface area contributed by atoms with Gasteiger partial charge < -0.3 is 14.6 Å². The van der Waals surface area contributed by atoms with Crippen LogP contribution in [-0.2, 0) is 9.59 Å². The Morgan fingerprint density at radius 2 is 1.35 bits per heavy atom. The Morgan fingerprint density at radius 1 is 0.806 bits per heavy atom. The highest BCUT2D eigenvalue weighted by atomic mass is 16.5. The van der Waals surface area contributed by atoms with Gasteiger partial charge in [0.2, 0.25) is 0 Å². The van der Waals surface area contributed by atoms with Gasteiger partial charge in [-0.05, 0) is 42.0 Å². The molecule has 1 saturated heterocycles. The number of carbonyl (C=O) groups is 2. The fraction of sp³-hybridized carbons (Fsp3) is 0.120. The Balaban J connectivity index is 1.90. The van der Waals surface area contributed by atoms with E-state index in [1.165, 1.54) is 4.90 Å². The van der Waals surface area contributed by atoms with Gasteiger partial charge in [0, 0.05) is 11.3 Å². The molecule has 1 aliphatic rings. The first-order valence-electron chi connectivity index (χ1n) is 9.69. The van der Waals surface area contributed by atoms with Gasteiger partial charge in [-0.1, -0.05) is 42.5 Å². The van der Waals surface area contributed by atoms with E-state index < -0.39 is 17.7 Å². The number of hydrogen-bond donors (Lipinski definition) is 1. The van der Waals surface area contributed by atoms with Crippen LogP contribution < -0.4 is 14.4 Å². The van der Waals surface area contributed by atoms with Crippen molar-refractivity contribution in [2.24, 2.45) is 0 Å². The quantitative estimate of drug-likeness (QED) is 0.381. The number of hydrogen-bond acceptors (Lipinski definition) is 5. The van der Waals surface area contributed by atoms with Crippen LogP contribution in [0.3, 0.4) is 0 Å². The van der Waals surface area contributed by atoms with Gasteiger partial charge >= 0.3 is 0 Å². The van der Waals surface area contributed by atoms with Gasteiger partial charge in [-0.3, -0.25) is 14.5 Å². The van der Waals surface area contributed by atoms with Crippen LogP contribution in [0, 0.1) is 0 Å². The van der Waals surface area contributed by atoms with Gasteiger partial charge in [0.15, 0.2) is 0 Å². The number of ether oxygens (including phenoxy) is 2. The zero-order valence-electron chi connectivity index (χ0n) is 17.1. The largest absolute Gasteiger partial charge is 0.507 e. The first-order chi connectivity index (χ1) is 15.0. The second-order valence-electron chi connectivity index (χ2n) is 7.01. The molecular weight excluding hydrogens is 394 g/mol. The molecule has 31 heavy (non-hydrogen) atoms. The van der Waals surface area contributed by atoms with Gasteiger partial charge in [-0.25, -0.2) is 0 Å². The summed E-state index contributed by atoms with van der Waals surface area (Å²) in [7, 11) is 3.12. The predicted octanol–water partition coefficient (Wildman–Crippen LogP) is 4.33. The van der Waals surface area contributed by atoms with Crippen LogP contribution in [0.4, 0.5) is 5.69 Å². The minimum absolute atomic E-state index is 0.0391. The maximum atomic E-state index is 13.1. The number of benzene rings is 3. The molecule has 1 fully saturated rings. The highest BCUT2D eigenvalue weighted by Crippen LogP contribution is 2.42. The lowest BCUT2D eigenvalue weighted by Gasteiger charge is -2.25. The van der Waals surface area contributed by atoms with Crippen molar-refractivity contribution < 1.29 is 24.2 Å². The number of aliphatic hydroxyl groups excluding tert-OH is 1. The van der Waals surface area contributed by atoms with E-state index in [1.807, 2.05) is 6.07 Å². The van der Waals surface area contributed by atoms with E-state index in [0.717, 1.165) is 0 Å². The molecule has 1 amide bonds. The predicted molar refractivity (Wildman–Crippen MR) is 117 cm³/mol. The number of anilines is 1. The lowest BCUT2D eigenvalue weighted by atomic mass is 9.95. The molecule has 1 aliphatic heterocycles. The van der Waals surface area contributed by atoms with Crippen LogP contribution in [0.2, 0.25) is 0 Å². The van der Waals surface area contributed by atoms with Crippen LogP contribution in [0.1, 0.15) is 17.2 Å². The van der Waals surface area contributed by atoms with E-state index in [4.69, 9.17) is 9.47 Å². The maximum Gasteiger partial charge on any atom is 0.300 e. The standard InChI is InChI=1S/C25H21NO5/c1-30-19-12-8-16(9-13-19)22-21(23(27)17-6-4-3-5-7-17)24(28)25(29)26(22)18-10-14-20(31-2)15-11-18/h3-15,22,27H,1-2H3/b23-21+/t22-/m1/s1. The van der Waals surface area contributed by atoms with Gasteiger partial charge in [-0.2, -0.15) is 0 Å². The first kappa shape index (κ1) is 20.2. The summed E-state index contributed by atoms with van der Waals surface area (Å²) >= 11 is 0. The SMILES string of the molecule is COc1ccc([C@@H]2/C(=C(\O)c3ccccc3)C(=O)C(=O)N2c2ccc(OC)cc2)cc1. The van der Waals surface area contributed by atoms with Crippen molar-refractivity contribution in [3.8, 4) is 11.5 Å². The molecule has 1 heterocycles. The third-order valence-corrected chi connectivity index (χ3v) is 5.27. The summed E-state index contributed by atoms with van der Waals surface area (Å²) in [4.78, 5) is 27.6. The van der Waals surface area contributed by atoms with Crippen LogP contribution in [-0.4, -0.2) is 31.0 Å². The Kier molecular flexibility index (Phi) is 5.45. The van der Waals surface area contributed by atoms with Crippen molar-refractivity contribution in [1.82, 2.24) is 0 Å². The first-order valence-corrected chi connectivity index (χ1v) is 9.69. The molecule has 0 radical (unpaired) electrons. The summed E-state index contributed by atoms with van der Waals surface area (Å²) in [6.45, 7) is 0. The number of aliphatic hydroxyl groups is 1. The second kappa shape index (κ2) is 8.36. The number of rotatable bonds is 5. The van der Waals surface area contributed by atoms with E-state index in [-0.39, 0.29) is 11.3 Å². The van der Waals surface area contributed by atoms with Crippen LogP contribution >= 0.6 is 0 Å². The average molecular weight is 415 g/mol. The molecule has 4 rings (SSSR count). The molecule has 0 aliphatic carbocycles. The molecule has 1 atom stereocenters. The molecule has 0 spiro atoms. The molecule has 3 aromatic carbocycles. The molecule has 6 nitrogen and oxygen atoms in total. The summed E-state index contributed by atoms with van der Waals surface area (Å²) < 4.78 is 10.4. The van der Waals surface area contributed by atoms with Gasteiger partial charge in [0.25, 0.3) is 11.7 Å². The second-order valence-corrected chi connectivity index (χ2v) is 7.01. The van der Waals surface area contributed by atoms with E-state index in [0.29, 0.717) is 28.3 Å². The number of ketones is 1. The third kappa shape index (κ3) is 3.64. The summed E-state index contributed by atoms with van der Waals surface area (Å²) in [5.41, 5.74) is 1.70. The molecular formula is C25H21NO5. The number of nitrogens with zero attached hydrogens (tertiary/aromatic N) is 1. The molecule has 6 heteroatoms. The van der Waals surface area contributed by atoms with Gasteiger partial charge in [0.05, 0.1) is 25.8 Å². The molecule has 1 N–H and O–H groups in total. The lowest BCUT2D eigenvalue weighted by molar-refractivity contribution is -0.132. The van der Waals surface area contributed by atoms with Crippen molar-refractivity contribution in [2.75, 3.05) is 19.1 Å². The number of methoxy groups -OCH3 is 2. The third-order valence-electron chi connectivity index (χ3n) is 5.27.